The summed E-state index contributed by atoms with van der Waals surface area (Å²) in [6, 6.07) is 3.87. The lowest BCUT2D eigenvalue weighted by molar-refractivity contribution is -0.00158. The Kier molecular flexibility index (Phi) is 7.17. The van der Waals surface area contributed by atoms with E-state index in [0.717, 1.165) is 22.8 Å². The van der Waals surface area contributed by atoms with Crippen LogP contribution in [0.5, 0.6) is 5.75 Å². The maximum atomic E-state index is 14.9. The molecule has 0 unspecified atom stereocenters. The molecular weight excluding hydrogens is 472 g/mol. The molecule has 0 spiro atoms. The zero-order chi connectivity index (χ0) is 25.2. The number of aromatic nitrogens is 3. The van der Waals surface area contributed by atoms with Crippen LogP contribution in [-0.4, -0.2) is 46.5 Å². The molecule has 182 valence electrons. The van der Waals surface area contributed by atoms with Crippen LogP contribution in [0.3, 0.4) is 0 Å². The first kappa shape index (κ1) is 24.7. The van der Waals surface area contributed by atoms with Gasteiger partial charge in [0.05, 0.1) is 5.56 Å². The number of para-hydroxylation sites is 1. The number of carbonyl (C=O) groups is 1. The van der Waals surface area contributed by atoms with E-state index in [1.54, 1.807) is 0 Å². The second-order valence-corrected chi connectivity index (χ2v) is 6.82. The van der Waals surface area contributed by atoms with Crippen molar-refractivity contribution in [2.24, 2.45) is 7.05 Å². The molecule has 2 N–H and O–H groups in total. The van der Waals surface area contributed by atoms with E-state index in [1.807, 2.05) is 5.32 Å². The van der Waals surface area contributed by atoms with E-state index in [9.17, 15) is 35.9 Å². The number of hydrogen-bond donors (Lipinski definition) is 2. The lowest BCUT2D eigenvalue weighted by Crippen LogP contribution is -2.29. The summed E-state index contributed by atoms with van der Waals surface area (Å²) in [6.45, 7) is -1.68. The third-order valence-electron chi connectivity index (χ3n) is 4.64. The molecule has 3 rings (SSSR count). The summed E-state index contributed by atoms with van der Waals surface area (Å²) in [7, 11) is 2.74. The van der Waals surface area contributed by atoms with Gasteiger partial charge < -0.3 is 15.4 Å². The highest BCUT2D eigenvalue weighted by atomic mass is 19.3. The van der Waals surface area contributed by atoms with Crippen LogP contribution >= 0.6 is 0 Å². The summed E-state index contributed by atoms with van der Waals surface area (Å²) in [4.78, 5) is 25.1. The van der Waals surface area contributed by atoms with Crippen LogP contribution in [0.25, 0.3) is 5.69 Å². The van der Waals surface area contributed by atoms with Gasteiger partial charge in [0.25, 0.3) is 12.3 Å². The van der Waals surface area contributed by atoms with Gasteiger partial charge in [-0.15, -0.1) is 5.10 Å². The van der Waals surface area contributed by atoms with Gasteiger partial charge in [-0.05, 0) is 18.2 Å². The average molecular weight is 489 g/mol. The monoisotopic (exact) mass is 489 g/mol. The highest BCUT2D eigenvalue weighted by Crippen LogP contribution is 2.29. The Morgan fingerprint density at radius 1 is 1.15 bits per heavy atom. The van der Waals surface area contributed by atoms with Crippen LogP contribution < -0.4 is 21.1 Å². The van der Waals surface area contributed by atoms with Crippen LogP contribution in [0.2, 0.25) is 0 Å². The van der Waals surface area contributed by atoms with Crippen LogP contribution in [0, 0.1) is 17.5 Å². The SMILES string of the molecule is CNc1nn(-c2cc(O[C@@H](CF)C(F)F)c(C(=O)Nc3c(F)cccc3F)cc2F)c(=O)n1C. The number of nitrogens with zero attached hydrogens (tertiary/aromatic N) is 3. The van der Waals surface area contributed by atoms with Crippen LogP contribution in [-0.2, 0) is 7.05 Å². The van der Waals surface area contributed by atoms with Crippen molar-refractivity contribution < 1.29 is 35.9 Å². The molecule has 1 aromatic heterocycles. The molecule has 1 heterocycles. The van der Waals surface area contributed by atoms with Gasteiger partial charge in [-0.1, -0.05) is 6.07 Å². The van der Waals surface area contributed by atoms with Crippen molar-refractivity contribution in [2.45, 2.75) is 12.5 Å². The molecule has 0 bridgehead atoms. The minimum absolute atomic E-state index is 0.0120. The van der Waals surface area contributed by atoms with Crippen LogP contribution in [0.15, 0.2) is 35.1 Å². The zero-order valence-electron chi connectivity index (χ0n) is 17.6. The standard InChI is InChI=1S/C20H17F6N5O3/c1-27-19-29-31(20(33)30(19)2)13-7-14(34-15(8-21)17(25)26)9(6-12(13)24)18(32)28-16-10(22)4-3-5-11(16)23/h3-7,15,17H,8H2,1-2H3,(H,27,29)(H,28,32)/t15-/m0/s1. The van der Waals surface area contributed by atoms with Crippen molar-refractivity contribution in [1.82, 2.24) is 14.3 Å². The molecule has 0 aliphatic carbocycles. The third-order valence-corrected chi connectivity index (χ3v) is 4.64. The topological polar surface area (TPSA) is 90.2 Å². The molecule has 8 nitrogen and oxygen atoms in total. The Labute approximate surface area is 187 Å². The summed E-state index contributed by atoms with van der Waals surface area (Å²) in [5, 5.41) is 8.28. The third kappa shape index (κ3) is 4.70. The Morgan fingerprint density at radius 2 is 1.79 bits per heavy atom. The first-order valence-corrected chi connectivity index (χ1v) is 9.52. The van der Waals surface area contributed by atoms with Crippen molar-refractivity contribution in [2.75, 3.05) is 24.4 Å². The average Bonchev–Trinajstić information content (AvgIpc) is 3.08. The molecule has 0 saturated carbocycles. The summed E-state index contributed by atoms with van der Waals surface area (Å²) in [6.07, 6.45) is -5.70. The van der Waals surface area contributed by atoms with Gasteiger partial charge in [0.15, 0.2) is 6.10 Å². The second kappa shape index (κ2) is 9.89. The van der Waals surface area contributed by atoms with Gasteiger partial charge in [-0.25, -0.2) is 31.1 Å². The number of amides is 1. The van der Waals surface area contributed by atoms with Crippen LogP contribution in [0.1, 0.15) is 10.4 Å². The van der Waals surface area contributed by atoms with E-state index in [0.29, 0.717) is 16.8 Å². The van der Waals surface area contributed by atoms with E-state index >= 15 is 0 Å². The van der Waals surface area contributed by atoms with Crippen LogP contribution in [0.4, 0.5) is 38.0 Å². The van der Waals surface area contributed by atoms with E-state index in [4.69, 9.17) is 4.74 Å². The van der Waals surface area contributed by atoms with Crippen molar-refractivity contribution in [3.63, 3.8) is 0 Å². The maximum absolute atomic E-state index is 14.9. The van der Waals surface area contributed by atoms with E-state index in [2.05, 4.69) is 10.4 Å². The second-order valence-electron chi connectivity index (χ2n) is 6.82. The Bertz CT molecular complexity index is 1260. The molecule has 0 aliphatic heterocycles. The van der Waals surface area contributed by atoms with E-state index in [-0.39, 0.29) is 5.95 Å². The summed E-state index contributed by atoms with van der Waals surface area (Å²) >= 11 is 0. The molecule has 1 atom stereocenters. The molecule has 3 aromatic rings. The minimum atomic E-state index is -3.34. The fourth-order valence-electron chi connectivity index (χ4n) is 2.90. The van der Waals surface area contributed by atoms with Gasteiger partial charge in [-0.2, -0.15) is 4.68 Å². The number of anilines is 2. The molecular formula is C20H17F6N5O3. The summed E-state index contributed by atoms with van der Waals surface area (Å²) in [5.41, 5.74) is -3.15. The quantitative estimate of drug-likeness (QED) is 0.475. The first-order valence-electron chi connectivity index (χ1n) is 9.52. The Morgan fingerprint density at radius 3 is 2.32 bits per heavy atom. The van der Waals surface area contributed by atoms with Gasteiger partial charge in [0, 0.05) is 20.2 Å². The molecule has 0 saturated heterocycles. The van der Waals surface area contributed by atoms with Crippen molar-refractivity contribution in [1.29, 1.82) is 0 Å². The number of alkyl halides is 3. The number of hydrogen-bond acceptors (Lipinski definition) is 5. The lowest BCUT2D eigenvalue weighted by atomic mass is 10.1. The number of nitrogens with one attached hydrogen (secondary N) is 2. The van der Waals surface area contributed by atoms with E-state index < -0.39 is 70.9 Å². The fraction of sp³-hybridized carbons (Fsp3) is 0.250. The molecule has 1 amide bonds. The number of carbonyl (C=O) groups excluding carboxylic acids is 1. The zero-order valence-corrected chi connectivity index (χ0v) is 17.6. The van der Waals surface area contributed by atoms with Crippen molar-refractivity contribution >= 4 is 17.5 Å². The largest absolute Gasteiger partial charge is 0.481 e. The first-order chi connectivity index (χ1) is 16.1. The highest BCUT2D eigenvalue weighted by Gasteiger charge is 2.28. The normalized spacial score (nSPS) is 12.0. The van der Waals surface area contributed by atoms with Gasteiger partial charge in [-0.3, -0.25) is 9.36 Å². The predicted octanol–water partition coefficient (Wildman–Crippen LogP) is 3.26. The predicted molar refractivity (Wildman–Crippen MR) is 109 cm³/mol. The lowest BCUT2D eigenvalue weighted by Gasteiger charge is -2.19. The minimum Gasteiger partial charge on any atom is -0.481 e. The van der Waals surface area contributed by atoms with Gasteiger partial charge in [0.2, 0.25) is 5.95 Å². The molecule has 2 aromatic carbocycles. The Hall–Kier alpha value is -3.97. The molecule has 0 radical (unpaired) electrons. The smallest absolute Gasteiger partial charge is 0.352 e. The number of halogens is 6. The Balaban J connectivity index is 2.14. The van der Waals surface area contributed by atoms with E-state index in [1.165, 1.54) is 14.1 Å². The number of ether oxygens (including phenoxy) is 1. The fourth-order valence-corrected chi connectivity index (χ4v) is 2.90. The molecule has 14 heteroatoms. The number of rotatable bonds is 8. The summed E-state index contributed by atoms with van der Waals surface area (Å²) < 4.78 is 88.6. The van der Waals surface area contributed by atoms with Crippen molar-refractivity contribution in [3.8, 4) is 11.4 Å². The molecule has 0 aliphatic rings. The van der Waals surface area contributed by atoms with Gasteiger partial charge in [0.1, 0.15) is 41.3 Å². The van der Waals surface area contributed by atoms with Gasteiger partial charge >= 0.3 is 5.69 Å². The maximum Gasteiger partial charge on any atom is 0.352 e. The van der Waals surface area contributed by atoms with Crippen molar-refractivity contribution in [3.05, 3.63) is 63.8 Å². The number of benzene rings is 2. The summed E-state index contributed by atoms with van der Waals surface area (Å²) in [5.74, 6) is -5.68. The molecule has 0 fully saturated rings. The highest BCUT2D eigenvalue weighted by molar-refractivity contribution is 6.06. The molecule has 34 heavy (non-hydrogen) atoms.